The normalized spacial score (nSPS) is 14.9. The molecule has 1 aliphatic rings. The van der Waals surface area contributed by atoms with Crippen molar-refractivity contribution < 1.29 is 9.34 Å². The van der Waals surface area contributed by atoms with Gasteiger partial charge in [-0.05, 0) is 29.8 Å². The number of nitrogens with zero attached hydrogens (tertiary/aromatic N) is 3. The predicted molar refractivity (Wildman–Crippen MR) is 109 cm³/mol. The zero-order valence-electron chi connectivity index (χ0n) is 15.7. The molecule has 28 heavy (non-hydrogen) atoms. The van der Waals surface area contributed by atoms with Gasteiger partial charge >= 0.3 is 0 Å². The van der Waals surface area contributed by atoms with Crippen LogP contribution in [0.1, 0.15) is 17.1 Å². The van der Waals surface area contributed by atoms with Crippen LogP contribution >= 0.6 is 0 Å². The summed E-state index contributed by atoms with van der Waals surface area (Å²) >= 11 is 0. The van der Waals surface area contributed by atoms with Crippen LogP contribution in [0.2, 0.25) is 0 Å². The van der Waals surface area contributed by atoms with Gasteiger partial charge in [0.1, 0.15) is 11.5 Å². The maximum Gasteiger partial charge on any atom is 0.269 e. The summed E-state index contributed by atoms with van der Waals surface area (Å²) in [5, 5.41) is 10.8. The Morgan fingerprint density at radius 3 is 2.21 bits per heavy atom. The third-order valence-corrected chi connectivity index (χ3v) is 5.12. The lowest BCUT2D eigenvalue weighted by atomic mass is 10.1. The molecular formula is C22H23N3O3. The highest BCUT2D eigenvalue weighted by molar-refractivity contribution is 5.51. The fourth-order valence-electron chi connectivity index (χ4n) is 3.57. The average Bonchev–Trinajstić information content (AvgIpc) is 3.16. The molecule has 4 rings (SSSR count). The molecule has 2 aromatic carbocycles. The molecule has 0 atom stereocenters. The van der Waals surface area contributed by atoms with E-state index in [1.165, 1.54) is 5.56 Å². The molecule has 3 aromatic rings. The molecule has 1 saturated heterocycles. The van der Waals surface area contributed by atoms with Gasteiger partial charge in [-0.25, -0.2) is 0 Å². The Labute approximate surface area is 164 Å². The van der Waals surface area contributed by atoms with Crippen LogP contribution in [0, 0.1) is 10.1 Å². The van der Waals surface area contributed by atoms with Crippen molar-refractivity contribution in [2.75, 3.05) is 31.1 Å². The molecule has 6 heteroatoms. The Bertz CT molecular complexity index is 914. The number of nitro groups is 1. The van der Waals surface area contributed by atoms with E-state index in [0.717, 1.165) is 56.4 Å². The molecule has 1 fully saturated rings. The van der Waals surface area contributed by atoms with E-state index in [0.29, 0.717) is 0 Å². The summed E-state index contributed by atoms with van der Waals surface area (Å²) in [5.41, 5.74) is 2.42. The van der Waals surface area contributed by atoms with E-state index < -0.39 is 0 Å². The number of rotatable bonds is 6. The minimum Gasteiger partial charge on any atom is -0.464 e. The molecule has 1 aliphatic heterocycles. The van der Waals surface area contributed by atoms with Crippen molar-refractivity contribution in [3.05, 3.63) is 93.9 Å². The molecule has 0 spiro atoms. The molecule has 144 valence electrons. The number of hydrogen-bond donors (Lipinski definition) is 0. The molecule has 2 heterocycles. The Balaban J connectivity index is 1.29. The van der Waals surface area contributed by atoms with Crippen molar-refractivity contribution in [2.24, 2.45) is 0 Å². The van der Waals surface area contributed by atoms with Gasteiger partial charge in [-0.1, -0.05) is 30.3 Å². The smallest absolute Gasteiger partial charge is 0.269 e. The van der Waals surface area contributed by atoms with Gasteiger partial charge in [-0.2, -0.15) is 0 Å². The average molecular weight is 377 g/mol. The van der Waals surface area contributed by atoms with Crippen molar-refractivity contribution in [3.63, 3.8) is 0 Å². The maximum absolute atomic E-state index is 10.8. The molecule has 0 aliphatic carbocycles. The van der Waals surface area contributed by atoms with Gasteiger partial charge in [0.2, 0.25) is 0 Å². The zero-order valence-corrected chi connectivity index (χ0v) is 15.7. The fourth-order valence-corrected chi connectivity index (χ4v) is 3.57. The van der Waals surface area contributed by atoms with Gasteiger partial charge in [-0.3, -0.25) is 15.0 Å². The lowest BCUT2D eigenvalue weighted by molar-refractivity contribution is -0.384. The van der Waals surface area contributed by atoms with E-state index in [1.54, 1.807) is 12.1 Å². The molecule has 0 bridgehead atoms. The highest BCUT2D eigenvalue weighted by atomic mass is 16.6. The van der Waals surface area contributed by atoms with Gasteiger partial charge in [-0.15, -0.1) is 0 Å². The van der Waals surface area contributed by atoms with Gasteiger partial charge < -0.3 is 9.32 Å². The summed E-state index contributed by atoms with van der Waals surface area (Å²) < 4.78 is 6.02. The van der Waals surface area contributed by atoms with Gasteiger partial charge in [0, 0.05) is 50.4 Å². The van der Waals surface area contributed by atoms with E-state index in [-0.39, 0.29) is 10.6 Å². The van der Waals surface area contributed by atoms with Crippen LogP contribution in [0.5, 0.6) is 0 Å². The highest BCUT2D eigenvalue weighted by Crippen LogP contribution is 2.21. The molecule has 0 amide bonds. The number of non-ortho nitro benzene ring substituents is 1. The minimum atomic E-state index is -0.364. The first-order valence-corrected chi connectivity index (χ1v) is 9.51. The monoisotopic (exact) mass is 377 g/mol. The van der Waals surface area contributed by atoms with E-state index in [9.17, 15) is 10.1 Å². The van der Waals surface area contributed by atoms with Crippen LogP contribution in [0.4, 0.5) is 11.4 Å². The molecule has 0 saturated carbocycles. The molecule has 6 nitrogen and oxygen atoms in total. The number of benzene rings is 2. The molecule has 1 aromatic heterocycles. The topological polar surface area (TPSA) is 62.8 Å². The first kappa shape index (κ1) is 18.3. The highest BCUT2D eigenvalue weighted by Gasteiger charge is 2.19. The molecule has 0 unspecified atom stereocenters. The lowest BCUT2D eigenvalue weighted by Crippen LogP contribution is -2.45. The van der Waals surface area contributed by atoms with E-state index in [2.05, 4.69) is 34.1 Å². The number of nitro benzene ring substituents is 1. The van der Waals surface area contributed by atoms with Crippen LogP contribution in [-0.2, 0) is 13.0 Å². The Hall–Kier alpha value is -3.12. The van der Waals surface area contributed by atoms with Crippen molar-refractivity contribution in [1.82, 2.24) is 4.90 Å². The Morgan fingerprint density at radius 2 is 1.54 bits per heavy atom. The van der Waals surface area contributed by atoms with Crippen molar-refractivity contribution in [3.8, 4) is 0 Å². The summed E-state index contributed by atoms with van der Waals surface area (Å²) in [5.74, 6) is 1.99. The third kappa shape index (κ3) is 4.40. The van der Waals surface area contributed by atoms with Crippen LogP contribution < -0.4 is 4.90 Å². The van der Waals surface area contributed by atoms with Gasteiger partial charge in [0.15, 0.2) is 0 Å². The minimum absolute atomic E-state index is 0.131. The van der Waals surface area contributed by atoms with E-state index in [1.807, 2.05) is 30.3 Å². The van der Waals surface area contributed by atoms with Crippen LogP contribution in [-0.4, -0.2) is 36.0 Å². The Kier molecular flexibility index (Phi) is 5.39. The van der Waals surface area contributed by atoms with E-state index in [4.69, 9.17) is 4.42 Å². The molecule has 0 radical (unpaired) electrons. The second-order valence-electron chi connectivity index (χ2n) is 7.07. The summed E-state index contributed by atoms with van der Waals surface area (Å²) in [6, 6.07) is 21.3. The largest absolute Gasteiger partial charge is 0.464 e. The third-order valence-electron chi connectivity index (χ3n) is 5.12. The first-order chi connectivity index (χ1) is 13.7. The number of furan rings is 1. The predicted octanol–water partition coefficient (Wildman–Crippen LogP) is 4.10. The van der Waals surface area contributed by atoms with Crippen molar-refractivity contribution >= 4 is 11.4 Å². The summed E-state index contributed by atoms with van der Waals surface area (Å²) in [6.07, 6.45) is 0.814. The lowest BCUT2D eigenvalue weighted by Gasteiger charge is -2.35. The SMILES string of the molecule is O=[N+]([O-])c1ccc(N2CCN(Cc3ccc(Cc4ccccc4)o3)CC2)cc1. The van der Waals surface area contributed by atoms with Crippen molar-refractivity contribution in [1.29, 1.82) is 0 Å². The van der Waals surface area contributed by atoms with Crippen LogP contribution in [0.25, 0.3) is 0 Å². The first-order valence-electron chi connectivity index (χ1n) is 9.51. The molecular weight excluding hydrogens is 354 g/mol. The standard InChI is InChI=1S/C22H23N3O3/c26-25(27)20-8-6-19(7-9-20)24-14-12-23(13-15-24)17-22-11-10-21(28-22)16-18-4-2-1-3-5-18/h1-11H,12-17H2. The summed E-state index contributed by atoms with van der Waals surface area (Å²) in [6.45, 7) is 4.48. The molecule has 0 N–H and O–H groups in total. The fraction of sp³-hybridized carbons (Fsp3) is 0.273. The number of anilines is 1. The number of piperazine rings is 1. The summed E-state index contributed by atoms with van der Waals surface area (Å²) in [7, 11) is 0. The van der Waals surface area contributed by atoms with Gasteiger partial charge in [0.25, 0.3) is 5.69 Å². The van der Waals surface area contributed by atoms with E-state index >= 15 is 0 Å². The van der Waals surface area contributed by atoms with Gasteiger partial charge in [0.05, 0.1) is 11.5 Å². The van der Waals surface area contributed by atoms with Crippen molar-refractivity contribution in [2.45, 2.75) is 13.0 Å². The summed E-state index contributed by atoms with van der Waals surface area (Å²) in [4.78, 5) is 15.1. The number of hydrogen-bond acceptors (Lipinski definition) is 5. The van der Waals surface area contributed by atoms with Crippen LogP contribution in [0.3, 0.4) is 0 Å². The Morgan fingerprint density at radius 1 is 0.857 bits per heavy atom. The zero-order chi connectivity index (χ0) is 19.3. The second-order valence-corrected chi connectivity index (χ2v) is 7.07. The quantitative estimate of drug-likeness (QED) is 0.478. The maximum atomic E-state index is 10.8. The second kappa shape index (κ2) is 8.27. The van der Waals surface area contributed by atoms with Crippen LogP contribution in [0.15, 0.2) is 71.1 Å².